The van der Waals surface area contributed by atoms with Gasteiger partial charge in [-0.3, -0.25) is 9.78 Å². The Bertz CT molecular complexity index is 885. The molecule has 0 fully saturated rings. The smallest absolute Gasteiger partial charge is 0.335 e. The summed E-state index contributed by atoms with van der Waals surface area (Å²) in [6.45, 7) is 0. The minimum absolute atomic E-state index is 0.000870. The normalized spacial score (nSPS) is 10.4. The van der Waals surface area contributed by atoms with Crippen molar-refractivity contribution in [1.82, 2.24) is 4.98 Å². The molecule has 2 aromatic carbocycles. The van der Waals surface area contributed by atoms with E-state index in [1.54, 1.807) is 36.5 Å². The maximum Gasteiger partial charge on any atom is 0.335 e. The van der Waals surface area contributed by atoms with E-state index in [9.17, 15) is 9.59 Å². The predicted octanol–water partition coefficient (Wildman–Crippen LogP) is 3.11. The van der Waals surface area contributed by atoms with Crippen molar-refractivity contribution in [3.8, 4) is 0 Å². The summed E-state index contributed by atoms with van der Waals surface area (Å²) in [5.41, 5.74) is 2.07. The summed E-state index contributed by atoms with van der Waals surface area (Å²) in [6, 6.07) is 15.7. The van der Waals surface area contributed by atoms with Crippen LogP contribution >= 0.6 is 0 Å². The third-order valence-electron chi connectivity index (χ3n) is 3.52. The molecule has 5 nitrogen and oxygen atoms in total. The number of fused-ring (bicyclic) bond motifs is 1. The Morgan fingerprint density at radius 3 is 2.65 bits per heavy atom. The lowest BCUT2D eigenvalue weighted by molar-refractivity contribution is -0.115. The van der Waals surface area contributed by atoms with Crippen molar-refractivity contribution >= 4 is 28.5 Å². The molecule has 0 aliphatic carbocycles. The van der Waals surface area contributed by atoms with E-state index in [4.69, 9.17) is 5.11 Å². The highest BCUT2D eigenvalue weighted by atomic mass is 16.4. The lowest BCUT2D eigenvalue weighted by Crippen LogP contribution is -2.16. The molecule has 0 unspecified atom stereocenters. The largest absolute Gasteiger partial charge is 0.478 e. The van der Waals surface area contributed by atoms with Gasteiger partial charge in [0.1, 0.15) is 0 Å². The maximum absolute atomic E-state index is 12.3. The number of anilines is 1. The van der Waals surface area contributed by atoms with E-state index >= 15 is 0 Å². The number of rotatable bonds is 4. The van der Waals surface area contributed by atoms with Crippen LogP contribution in [0.1, 0.15) is 15.9 Å². The lowest BCUT2D eigenvalue weighted by Gasteiger charge is -2.09. The van der Waals surface area contributed by atoms with Crippen LogP contribution in [0.5, 0.6) is 0 Å². The minimum Gasteiger partial charge on any atom is -0.478 e. The Balaban J connectivity index is 1.84. The van der Waals surface area contributed by atoms with Gasteiger partial charge in [-0.05, 0) is 35.9 Å². The molecule has 0 saturated heterocycles. The summed E-state index contributed by atoms with van der Waals surface area (Å²) in [4.78, 5) is 27.7. The number of amides is 1. The van der Waals surface area contributed by atoms with Crippen LogP contribution in [0.4, 0.5) is 5.69 Å². The van der Waals surface area contributed by atoms with Crippen molar-refractivity contribution in [2.24, 2.45) is 0 Å². The van der Waals surface area contributed by atoms with Gasteiger partial charge in [0.15, 0.2) is 0 Å². The first kappa shape index (κ1) is 14.7. The van der Waals surface area contributed by atoms with Crippen molar-refractivity contribution < 1.29 is 14.7 Å². The van der Waals surface area contributed by atoms with Crippen LogP contribution in [0.25, 0.3) is 10.9 Å². The molecule has 0 bridgehead atoms. The van der Waals surface area contributed by atoms with Gasteiger partial charge in [-0.1, -0.05) is 24.3 Å². The van der Waals surface area contributed by atoms with Crippen LogP contribution in [0.2, 0.25) is 0 Å². The average molecular weight is 306 g/mol. The van der Waals surface area contributed by atoms with Crippen molar-refractivity contribution in [2.45, 2.75) is 6.42 Å². The van der Waals surface area contributed by atoms with Crippen molar-refractivity contribution in [1.29, 1.82) is 0 Å². The van der Waals surface area contributed by atoms with Gasteiger partial charge >= 0.3 is 5.97 Å². The number of benzene rings is 2. The highest BCUT2D eigenvalue weighted by molar-refractivity contribution is 6.02. The van der Waals surface area contributed by atoms with Gasteiger partial charge in [-0.2, -0.15) is 0 Å². The number of nitrogens with one attached hydrogen (secondary N) is 1. The Kier molecular flexibility index (Phi) is 4.01. The predicted molar refractivity (Wildman–Crippen MR) is 87.5 cm³/mol. The number of hydrogen-bond donors (Lipinski definition) is 2. The molecule has 3 rings (SSSR count). The van der Waals surface area contributed by atoms with Crippen LogP contribution in [-0.4, -0.2) is 22.0 Å². The molecule has 3 aromatic rings. The van der Waals surface area contributed by atoms with E-state index in [-0.39, 0.29) is 17.9 Å². The number of carbonyl (C=O) groups is 2. The van der Waals surface area contributed by atoms with Gasteiger partial charge in [0.05, 0.1) is 23.2 Å². The van der Waals surface area contributed by atoms with Gasteiger partial charge in [0.25, 0.3) is 0 Å². The molecule has 23 heavy (non-hydrogen) atoms. The highest BCUT2D eigenvalue weighted by Gasteiger charge is 2.13. The van der Waals surface area contributed by atoms with Crippen LogP contribution in [0, 0.1) is 0 Å². The molecular formula is C18H14N2O3. The van der Waals surface area contributed by atoms with Crippen LogP contribution in [0.3, 0.4) is 0 Å². The number of aromatic nitrogens is 1. The van der Waals surface area contributed by atoms with Gasteiger partial charge in [0.2, 0.25) is 5.91 Å². The molecule has 0 spiro atoms. The second-order valence-electron chi connectivity index (χ2n) is 5.06. The van der Waals surface area contributed by atoms with E-state index < -0.39 is 5.97 Å². The third-order valence-corrected chi connectivity index (χ3v) is 3.52. The molecule has 0 saturated carbocycles. The Hall–Kier alpha value is -3.21. The fraction of sp³-hybridized carbons (Fsp3) is 0.0556. The summed E-state index contributed by atoms with van der Waals surface area (Å²) in [6.07, 6.45) is 1.69. The standard InChI is InChI=1S/C18H14N2O3/c21-17(11-12-5-1-2-6-13(12)18(22)23)20-16-9-3-8-15-14(16)7-4-10-19-15/h1-10H,11H2,(H,20,21)(H,22,23). The van der Waals surface area contributed by atoms with Gasteiger partial charge < -0.3 is 10.4 Å². The average Bonchev–Trinajstić information content (AvgIpc) is 2.55. The van der Waals surface area contributed by atoms with Gasteiger partial charge in [0, 0.05) is 11.6 Å². The van der Waals surface area contributed by atoms with E-state index in [0.717, 1.165) is 10.9 Å². The topological polar surface area (TPSA) is 79.3 Å². The zero-order chi connectivity index (χ0) is 16.2. The molecule has 1 amide bonds. The molecule has 2 N–H and O–H groups in total. The Morgan fingerprint density at radius 1 is 1.00 bits per heavy atom. The fourth-order valence-electron chi connectivity index (χ4n) is 2.46. The number of pyridine rings is 1. The van der Waals surface area contributed by atoms with E-state index in [1.165, 1.54) is 6.07 Å². The van der Waals surface area contributed by atoms with E-state index in [1.807, 2.05) is 18.2 Å². The van der Waals surface area contributed by atoms with E-state index in [2.05, 4.69) is 10.3 Å². The Labute approximate surface area is 132 Å². The second-order valence-corrected chi connectivity index (χ2v) is 5.06. The van der Waals surface area contributed by atoms with E-state index in [0.29, 0.717) is 11.3 Å². The Morgan fingerprint density at radius 2 is 1.83 bits per heavy atom. The summed E-state index contributed by atoms with van der Waals surface area (Å²) in [7, 11) is 0. The van der Waals surface area contributed by atoms with Crippen molar-refractivity contribution in [2.75, 3.05) is 5.32 Å². The fourth-order valence-corrected chi connectivity index (χ4v) is 2.46. The summed E-state index contributed by atoms with van der Waals surface area (Å²) < 4.78 is 0. The summed E-state index contributed by atoms with van der Waals surface area (Å²) >= 11 is 0. The molecule has 1 heterocycles. The third kappa shape index (κ3) is 3.18. The molecule has 0 aliphatic heterocycles. The summed E-state index contributed by atoms with van der Waals surface area (Å²) in [5.74, 6) is -1.31. The van der Waals surface area contributed by atoms with Crippen molar-refractivity contribution in [3.05, 3.63) is 71.9 Å². The van der Waals surface area contributed by atoms with Crippen molar-refractivity contribution in [3.63, 3.8) is 0 Å². The zero-order valence-corrected chi connectivity index (χ0v) is 12.2. The number of hydrogen-bond acceptors (Lipinski definition) is 3. The minimum atomic E-state index is -1.04. The first-order valence-electron chi connectivity index (χ1n) is 7.10. The first-order chi connectivity index (χ1) is 11.1. The zero-order valence-electron chi connectivity index (χ0n) is 12.2. The summed E-state index contributed by atoms with van der Waals surface area (Å²) in [5, 5.41) is 12.8. The number of aromatic carboxylic acids is 1. The quantitative estimate of drug-likeness (QED) is 0.776. The number of carbonyl (C=O) groups excluding carboxylic acids is 1. The number of nitrogens with zero attached hydrogens (tertiary/aromatic N) is 1. The molecule has 0 radical (unpaired) electrons. The van der Waals surface area contributed by atoms with Crippen LogP contribution in [-0.2, 0) is 11.2 Å². The lowest BCUT2D eigenvalue weighted by atomic mass is 10.0. The highest BCUT2D eigenvalue weighted by Crippen LogP contribution is 2.21. The van der Waals surface area contributed by atoms with Gasteiger partial charge in [-0.25, -0.2) is 4.79 Å². The second kappa shape index (κ2) is 6.27. The molecule has 5 heteroatoms. The number of carboxylic acids is 1. The first-order valence-corrected chi connectivity index (χ1v) is 7.10. The molecular weight excluding hydrogens is 292 g/mol. The molecule has 0 aliphatic rings. The molecule has 1 aromatic heterocycles. The van der Waals surface area contributed by atoms with Crippen LogP contribution < -0.4 is 5.32 Å². The molecule has 114 valence electrons. The SMILES string of the molecule is O=C(Cc1ccccc1C(=O)O)Nc1cccc2ncccc12. The molecule has 0 atom stereocenters. The maximum atomic E-state index is 12.3. The monoisotopic (exact) mass is 306 g/mol. The van der Waals surface area contributed by atoms with Crippen LogP contribution in [0.15, 0.2) is 60.8 Å². The van der Waals surface area contributed by atoms with Gasteiger partial charge in [-0.15, -0.1) is 0 Å². The number of carboxylic acid groups (broad SMARTS) is 1.